The molecular weight excluding hydrogens is 404 g/mol. The molecule has 2 aromatic heterocycles. The molecule has 0 radical (unpaired) electrons. The van der Waals surface area contributed by atoms with Crippen molar-refractivity contribution >= 4 is 23.2 Å². The van der Waals surface area contributed by atoms with E-state index >= 15 is 0 Å². The van der Waals surface area contributed by atoms with Crippen molar-refractivity contribution in [2.75, 3.05) is 43.0 Å². The van der Waals surface area contributed by atoms with Crippen LogP contribution in [0, 0.1) is 0 Å². The lowest BCUT2D eigenvalue weighted by Crippen LogP contribution is -2.47. The second-order valence-corrected chi connectivity index (χ2v) is 8.04. The Balaban J connectivity index is 1.24. The molecule has 1 saturated heterocycles. The Hall–Kier alpha value is -3.36. The first-order valence-electron chi connectivity index (χ1n) is 11.0. The smallest absolute Gasteiger partial charge is 0.241 e. The van der Waals surface area contributed by atoms with Crippen molar-refractivity contribution in [3.05, 3.63) is 72.3 Å². The van der Waals surface area contributed by atoms with Crippen molar-refractivity contribution in [1.29, 1.82) is 0 Å². The number of carbonyl (C=O) groups is 1. The largest absolute Gasteiger partial charge is 0.369 e. The molecule has 8 nitrogen and oxygen atoms in total. The summed E-state index contributed by atoms with van der Waals surface area (Å²) in [5, 5.41) is 3.16. The van der Waals surface area contributed by atoms with Crippen molar-refractivity contribution in [1.82, 2.24) is 19.9 Å². The van der Waals surface area contributed by atoms with Gasteiger partial charge >= 0.3 is 0 Å². The first-order valence-corrected chi connectivity index (χ1v) is 11.0. The number of rotatable bonds is 5. The number of aromatic nitrogens is 3. The molecule has 1 amide bonds. The number of para-hydroxylation sites is 1. The number of nitrogens with one attached hydrogen (secondary N) is 1. The van der Waals surface area contributed by atoms with Gasteiger partial charge in [-0.15, -0.1) is 0 Å². The zero-order chi connectivity index (χ0) is 21.8. The number of benzene rings is 1. The molecule has 1 N–H and O–H groups in total. The number of ether oxygens (including phenoxy) is 1. The third kappa shape index (κ3) is 4.61. The molecule has 32 heavy (non-hydrogen) atoms. The molecule has 2 aliphatic rings. The Bertz CT molecular complexity index is 1080. The van der Waals surface area contributed by atoms with E-state index in [-0.39, 0.29) is 12.0 Å². The summed E-state index contributed by atoms with van der Waals surface area (Å²) in [5.74, 6) is 1.46. The van der Waals surface area contributed by atoms with Crippen molar-refractivity contribution in [3.8, 4) is 0 Å². The van der Waals surface area contributed by atoms with E-state index in [9.17, 15) is 4.79 Å². The maximum Gasteiger partial charge on any atom is 0.241 e. The van der Waals surface area contributed by atoms with Gasteiger partial charge in [-0.2, -0.15) is 0 Å². The normalized spacial score (nSPS) is 18.8. The van der Waals surface area contributed by atoms with Crippen molar-refractivity contribution < 1.29 is 9.53 Å². The summed E-state index contributed by atoms with van der Waals surface area (Å²) in [5.41, 5.74) is 3.14. The first kappa shape index (κ1) is 20.5. The van der Waals surface area contributed by atoms with Crippen LogP contribution in [0.25, 0.3) is 0 Å². The molecule has 164 valence electrons. The van der Waals surface area contributed by atoms with Gasteiger partial charge in [-0.25, -0.2) is 9.97 Å². The highest BCUT2D eigenvalue weighted by Gasteiger charge is 2.28. The van der Waals surface area contributed by atoms with Crippen LogP contribution in [0.4, 0.5) is 17.3 Å². The quantitative estimate of drug-likeness (QED) is 0.666. The molecule has 1 aromatic carbocycles. The molecular formula is C24H26N6O2. The molecule has 2 aliphatic heterocycles. The zero-order valence-electron chi connectivity index (χ0n) is 17.9. The van der Waals surface area contributed by atoms with E-state index in [1.165, 1.54) is 5.56 Å². The van der Waals surface area contributed by atoms with Crippen LogP contribution in [-0.4, -0.2) is 58.5 Å². The SMILES string of the molecule is O=C(CN1CCO[C@@H](c2cccc(Nc3cnccn3)n2)C1)N1CCCc2ccccc21. The Morgan fingerprint density at radius 2 is 2.03 bits per heavy atom. The fourth-order valence-electron chi connectivity index (χ4n) is 4.29. The minimum absolute atomic E-state index is 0.142. The van der Waals surface area contributed by atoms with Crippen LogP contribution in [0.15, 0.2) is 61.1 Å². The first-order chi connectivity index (χ1) is 15.8. The summed E-state index contributed by atoms with van der Waals surface area (Å²) in [7, 11) is 0. The number of fused-ring (bicyclic) bond motifs is 1. The number of aryl methyl sites for hydroxylation is 1. The highest BCUT2D eigenvalue weighted by molar-refractivity contribution is 5.96. The molecule has 0 spiro atoms. The third-order valence-electron chi connectivity index (χ3n) is 5.84. The summed E-state index contributed by atoms with van der Waals surface area (Å²) in [6, 6.07) is 14.0. The van der Waals surface area contributed by atoms with Gasteiger partial charge in [0.2, 0.25) is 5.91 Å². The van der Waals surface area contributed by atoms with Crippen molar-refractivity contribution in [2.45, 2.75) is 18.9 Å². The maximum atomic E-state index is 13.1. The topological polar surface area (TPSA) is 83.5 Å². The van der Waals surface area contributed by atoms with Crippen LogP contribution < -0.4 is 10.2 Å². The maximum absolute atomic E-state index is 13.1. The third-order valence-corrected chi connectivity index (χ3v) is 5.84. The molecule has 3 aromatic rings. The highest BCUT2D eigenvalue weighted by atomic mass is 16.5. The number of pyridine rings is 1. The molecule has 5 rings (SSSR count). The summed E-state index contributed by atoms with van der Waals surface area (Å²) >= 11 is 0. The predicted octanol–water partition coefficient (Wildman–Crippen LogP) is 2.97. The Labute approximate surface area is 187 Å². The minimum Gasteiger partial charge on any atom is -0.369 e. The lowest BCUT2D eigenvalue weighted by atomic mass is 10.0. The number of amides is 1. The molecule has 0 aliphatic carbocycles. The van der Waals surface area contributed by atoms with Crippen LogP contribution in [-0.2, 0) is 16.0 Å². The molecule has 4 heterocycles. The van der Waals surface area contributed by atoms with E-state index in [1.54, 1.807) is 18.6 Å². The van der Waals surface area contributed by atoms with E-state index in [0.717, 1.165) is 37.3 Å². The summed E-state index contributed by atoms with van der Waals surface area (Å²) in [4.78, 5) is 30.2. The van der Waals surface area contributed by atoms with E-state index in [4.69, 9.17) is 9.72 Å². The van der Waals surface area contributed by atoms with Gasteiger partial charge in [0, 0.05) is 37.7 Å². The minimum atomic E-state index is -0.186. The van der Waals surface area contributed by atoms with Crippen LogP contribution in [0.5, 0.6) is 0 Å². The molecule has 0 unspecified atom stereocenters. The number of morpholine rings is 1. The number of hydrogen-bond donors (Lipinski definition) is 1. The fraction of sp³-hybridized carbons (Fsp3) is 0.333. The summed E-state index contributed by atoms with van der Waals surface area (Å²) in [6.45, 7) is 3.09. The van der Waals surface area contributed by atoms with Gasteiger partial charge in [0.1, 0.15) is 17.7 Å². The van der Waals surface area contributed by atoms with Crippen LogP contribution in [0.1, 0.15) is 23.8 Å². The predicted molar refractivity (Wildman–Crippen MR) is 122 cm³/mol. The van der Waals surface area contributed by atoms with Crippen LogP contribution in [0.2, 0.25) is 0 Å². The molecule has 0 bridgehead atoms. The lowest BCUT2D eigenvalue weighted by Gasteiger charge is -2.35. The number of hydrogen-bond acceptors (Lipinski definition) is 7. The monoisotopic (exact) mass is 430 g/mol. The average Bonchev–Trinajstić information content (AvgIpc) is 2.85. The molecule has 1 fully saturated rings. The second-order valence-electron chi connectivity index (χ2n) is 8.04. The molecule has 1 atom stereocenters. The van der Waals surface area contributed by atoms with E-state index in [2.05, 4.69) is 26.3 Å². The van der Waals surface area contributed by atoms with Crippen molar-refractivity contribution in [2.24, 2.45) is 0 Å². The van der Waals surface area contributed by atoms with E-state index in [0.29, 0.717) is 31.3 Å². The number of carbonyl (C=O) groups excluding carboxylic acids is 1. The lowest BCUT2D eigenvalue weighted by molar-refractivity contribution is -0.122. The van der Waals surface area contributed by atoms with E-state index < -0.39 is 0 Å². The van der Waals surface area contributed by atoms with Gasteiger partial charge < -0.3 is 15.0 Å². The average molecular weight is 431 g/mol. The Morgan fingerprint density at radius 3 is 2.94 bits per heavy atom. The summed E-state index contributed by atoms with van der Waals surface area (Å²) in [6.07, 6.45) is 6.76. The van der Waals surface area contributed by atoms with Gasteiger partial charge in [-0.3, -0.25) is 14.7 Å². The van der Waals surface area contributed by atoms with E-state index in [1.807, 2.05) is 41.3 Å². The van der Waals surface area contributed by atoms with Gasteiger partial charge in [0.15, 0.2) is 0 Å². The van der Waals surface area contributed by atoms with Gasteiger partial charge in [0.05, 0.1) is 25.0 Å². The van der Waals surface area contributed by atoms with Crippen LogP contribution >= 0.6 is 0 Å². The standard InChI is InChI=1S/C24H26N6O2/c31-24(30-12-4-6-18-5-1-2-8-20(18)30)17-29-13-14-32-21(16-29)19-7-3-9-22(27-19)28-23-15-25-10-11-26-23/h1-3,5,7-11,15,21H,4,6,12-14,16-17H2,(H,26,27,28)/t21-/m1/s1. The van der Waals surface area contributed by atoms with Gasteiger partial charge in [-0.1, -0.05) is 24.3 Å². The molecule has 8 heteroatoms. The summed E-state index contributed by atoms with van der Waals surface area (Å²) < 4.78 is 6.00. The molecule has 0 saturated carbocycles. The van der Waals surface area contributed by atoms with Crippen LogP contribution in [0.3, 0.4) is 0 Å². The number of anilines is 3. The van der Waals surface area contributed by atoms with Crippen molar-refractivity contribution in [3.63, 3.8) is 0 Å². The Kier molecular flexibility index (Phi) is 6.04. The Morgan fingerprint density at radius 1 is 1.09 bits per heavy atom. The fourth-order valence-corrected chi connectivity index (χ4v) is 4.29. The van der Waals surface area contributed by atoms with Gasteiger partial charge in [-0.05, 0) is 36.6 Å². The highest BCUT2D eigenvalue weighted by Crippen LogP contribution is 2.28. The zero-order valence-corrected chi connectivity index (χ0v) is 17.9. The number of nitrogens with zero attached hydrogens (tertiary/aromatic N) is 5. The second kappa shape index (κ2) is 9.42. The van der Waals surface area contributed by atoms with Gasteiger partial charge in [0.25, 0.3) is 0 Å².